The summed E-state index contributed by atoms with van der Waals surface area (Å²) in [6.45, 7) is 4.90. The Balaban J connectivity index is 1.60. The fourth-order valence-corrected chi connectivity index (χ4v) is 5.14. The molecular weight excluding hydrogens is 625 g/mol. The predicted octanol–water partition coefficient (Wildman–Crippen LogP) is 7.42. The molecule has 2 heterocycles. The van der Waals surface area contributed by atoms with Crippen molar-refractivity contribution in [3.8, 4) is 5.75 Å². The van der Waals surface area contributed by atoms with Gasteiger partial charge in [-0.2, -0.15) is 31.4 Å². The van der Waals surface area contributed by atoms with Gasteiger partial charge in [-0.15, -0.1) is 0 Å². The first-order chi connectivity index (χ1) is 20.4. The minimum absolute atomic E-state index is 0.00287. The number of halogens is 8. The Morgan fingerprint density at radius 1 is 1.11 bits per heavy atom. The molecule has 16 heteroatoms. The van der Waals surface area contributed by atoms with Crippen molar-refractivity contribution in [3.05, 3.63) is 75.6 Å². The SMILES string of the molecule is Cc1cccc(Cl)c1NC1Nc2cc(C(=O)Nc3cc(C(F)(F)F)ccc3F)c3c(c2N1OC(=O)C(F)(F)F)CC(C)(C)O3. The molecule has 0 aromatic heterocycles. The number of hydrogen-bond acceptors (Lipinski definition) is 7. The van der Waals surface area contributed by atoms with Crippen LogP contribution in [0.25, 0.3) is 0 Å². The number of anilines is 4. The van der Waals surface area contributed by atoms with Gasteiger partial charge in [0.15, 0.2) is 0 Å². The summed E-state index contributed by atoms with van der Waals surface area (Å²) >= 11 is 6.30. The third-order valence-electron chi connectivity index (χ3n) is 6.78. The van der Waals surface area contributed by atoms with Gasteiger partial charge in [0.1, 0.15) is 22.9 Å². The van der Waals surface area contributed by atoms with Crippen molar-refractivity contribution in [1.82, 2.24) is 0 Å². The maximum absolute atomic E-state index is 14.5. The van der Waals surface area contributed by atoms with Crippen LogP contribution in [0.2, 0.25) is 5.02 Å². The molecule has 0 radical (unpaired) electrons. The van der Waals surface area contributed by atoms with E-state index >= 15 is 0 Å². The van der Waals surface area contributed by atoms with Gasteiger partial charge in [0.2, 0.25) is 6.29 Å². The van der Waals surface area contributed by atoms with Gasteiger partial charge in [-0.25, -0.2) is 9.18 Å². The zero-order chi connectivity index (χ0) is 32.4. The highest BCUT2D eigenvalue weighted by Crippen LogP contribution is 2.51. The predicted molar refractivity (Wildman–Crippen MR) is 146 cm³/mol. The summed E-state index contributed by atoms with van der Waals surface area (Å²) in [5.41, 5.74) is -2.33. The Bertz CT molecular complexity index is 1660. The summed E-state index contributed by atoms with van der Waals surface area (Å²) in [5.74, 6) is -4.90. The Hall–Kier alpha value is -4.40. The van der Waals surface area contributed by atoms with E-state index in [9.17, 15) is 40.3 Å². The van der Waals surface area contributed by atoms with Gasteiger partial charge in [-0.3, -0.25) is 4.79 Å². The van der Waals surface area contributed by atoms with Crippen molar-refractivity contribution in [2.45, 2.75) is 51.4 Å². The van der Waals surface area contributed by atoms with E-state index in [2.05, 4.69) is 16.0 Å². The third-order valence-corrected chi connectivity index (χ3v) is 7.09. The molecule has 2 aliphatic rings. The second kappa shape index (κ2) is 10.6. The van der Waals surface area contributed by atoms with Crippen LogP contribution in [0.1, 0.15) is 40.9 Å². The van der Waals surface area contributed by atoms with E-state index in [1.165, 1.54) is 6.07 Å². The fourth-order valence-electron chi connectivity index (χ4n) is 4.87. The second-order valence-corrected chi connectivity index (χ2v) is 11.0. The fraction of sp³-hybridized carbons (Fsp3) is 0.286. The first kappa shape index (κ1) is 31.0. The summed E-state index contributed by atoms with van der Waals surface area (Å²) in [6.07, 6.45) is -11.6. The summed E-state index contributed by atoms with van der Waals surface area (Å²) in [6, 6.07) is 7.47. The molecule has 234 valence electrons. The molecule has 3 aromatic carbocycles. The van der Waals surface area contributed by atoms with Crippen molar-refractivity contribution in [1.29, 1.82) is 0 Å². The quantitative estimate of drug-likeness (QED) is 0.249. The molecule has 44 heavy (non-hydrogen) atoms. The highest BCUT2D eigenvalue weighted by Gasteiger charge is 2.48. The van der Waals surface area contributed by atoms with Crippen molar-refractivity contribution < 1.29 is 49.9 Å². The molecule has 8 nitrogen and oxygen atoms in total. The van der Waals surface area contributed by atoms with Crippen LogP contribution in [0, 0.1) is 12.7 Å². The second-order valence-electron chi connectivity index (χ2n) is 10.6. The lowest BCUT2D eigenvalue weighted by atomic mass is 9.97. The van der Waals surface area contributed by atoms with Crippen LogP contribution in [0.15, 0.2) is 42.5 Å². The molecule has 5 rings (SSSR count). The van der Waals surface area contributed by atoms with Crippen molar-refractivity contribution >= 4 is 46.2 Å². The molecule has 0 saturated carbocycles. The van der Waals surface area contributed by atoms with Crippen molar-refractivity contribution in [2.75, 3.05) is 21.0 Å². The molecule has 1 unspecified atom stereocenters. The number of hydrogen-bond donors (Lipinski definition) is 3. The van der Waals surface area contributed by atoms with Crippen molar-refractivity contribution in [3.63, 3.8) is 0 Å². The lowest BCUT2D eigenvalue weighted by Gasteiger charge is -2.28. The smallest absolute Gasteiger partial charge is 0.486 e. The van der Waals surface area contributed by atoms with E-state index in [1.54, 1.807) is 32.9 Å². The van der Waals surface area contributed by atoms with Gasteiger partial charge in [0, 0.05) is 12.0 Å². The summed E-state index contributed by atoms with van der Waals surface area (Å²) in [5, 5.41) is 8.71. The molecule has 0 bridgehead atoms. The number of amides is 1. The molecule has 1 amide bonds. The zero-order valence-electron chi connectivity index (χ0n) is 22.9. The summed E-state index contributed by atoms with van der Waals surface area (Å²) in [4.78, 5) is 30.2. The maximum Gasteiger partial charge on any atom is 0.493 e. The number of carbonyl (C=O) groups excluding carboxylic acids is 2. The Morgan fingerprint density at radius 3 is 2.45 bits per heavy atom. The Labute approximate surface area is 250 Å². The number of benzene rings is 3. The lowest BCUT2D eigenvalue weighted by Crippen LogP contribution is -2.46. The zero-order valence-corrected chi connectivity index (χ0v) is 23.7. The summed E-state index contributed by atoms with van der Waals surface area (Å²) in [7, 11) is 0. The number of alkyl halides is 6. The number of nitrogens with zero attached hydrogens (tertiary/aromatic N) is 1. The molecule has 3 aromatic rings. The van der Waals surface area contributed by atoms with E-state index in [4.69, 9.17) is 21.2 Å². The van der Waals surface area contributed by atoms with Gasteiger partial charge in [-0.05, 0) is 56.7 Å². The van der Waals surface area contributed by atoms with Crippen LogP contribution in [-0.2, 0) is 22.2 Å². The highest BCUT2D eigenvalue weighted by molar-refractivity contribution is 6.33. The van der Waals surface area contributed by atoms with Crippen molar-refractivity contribution in [2.24, 2.45) is 0 Å². The minimum Gasteiger partial charge on any atom is -0.486 e. The number of ether oxygens (including phenoxy) is 1. The molecule has 2 aliphatic heterocycles. The molecule has 0 spiro atoms. The largest absolute Gasteiger partial charge is 0.493 e. The van der Waals surface area contributed by atoms with Crippen LogP contribution in [0.4, 0.5) is 53.5 Å². The van der Waals surface area contributed by atoms with Gasteiger partial charge in [0.05, 0.1) is 33.2 Å². The first-order valence-electron chi connectivity index (χ1n) is 12.8. The van der Waals surface area contributed by atoms with E-state index in [-0.39, 0.29) is 39.7 Å². The van der Waals surface area contributed by atoms with E-state index in [1.807, 2.05) is 0 Å². The van der Waals surface area contributed by atoms with Crippen LogP contribution in [0.3, 0.4) is 0 Å². The van der Waals surface area contributed by atoms with Gasteiger partial charge in [-0.1, -0.05) is 23.7 Å². The van der Waals surface area contributed by atoms with Crippen LogP contribution < -0.4 is 25.8 Å². The maximum atomic E-state index is 14.5. The van der Waals surface area contributed by atoms with E-state index in [0.717, 1.165) is 6.07 Å². The average molecular weight is 647 g/mol. The van der Waals surface area contributed by atoms with Crippen LogP contribution in [0.5, 0.6) is 5.75 Å². The lowest BCUT2D eigenvalue weighted by molar-refractivity contribution is -0.201. The number of para-hydroxylation sites is 1. The van der Waals surface area contributed by atoms with E-state index in [0.29, 0.717) is 34.5 Å². The minimum atomic E-state index is -5.37. The molecule has 1 atom stereocenters. The molecule has 0 fully saturated rings. The number of rotatable bonds is 5. The Kier molecular flexibility index (Phi) is 7.51. The number of aryl methyl sites for hydroxylation is 1. The third kappa shape index (κ3) is 5.87. The molecule has 0 aliphatic carbocycles. The number of carbonyl (C=O) groups is 2. The summed E-state index contributed by atoms with van der Waals surface area (Å²) < 4.78 is 100. The van der Waals surface area contributed by atoms with Gasteiger partial charge in [0.25, 0.3) is 5.91 Å². The normalized spacial score (nSPS) is 16.9. The average Bonchev–Trinajstić information content (AvgIpc) is 3.41. The van der Waals surface area contributed by atoms with E-state index < -0.39 is 53.2 Å². The topological polar surface area (TPSA) is 91.9 Å². The number of fused-ring (bicyclic) bond motifs is 3. The van der Waals surface area contributed by atoms with Gasteiger partial charge < -0.3 is 25.5 Å². The Morgan fingerprint density at radius 2 is 1.82 bits per heavy atom. The molecule has 0 saturated heterocycles. The van der Waals surface area contributed by atoms with Crippen LogP contribution in [-0.4, -0.2) is 29.9 Å². The monoisotopic (exact) mass is 646 g/mol. The standard InChI is InChI=1S/C28H22ClF7N4O4/c1-12-5-4-6-16(29)20(12)39-25-38-19-10-14(23(41)37-18-9-13(27(31,32)33)7-8-17(18)30)22-15(11-26(2,3)43-22)21(19)40(25)44-24(42)28(34,35)36/h4-10,25,38-39H,11H2,1-3H3,(H,37,41). The molecular formula is C28H22ClF7N4O4. The highest BCUT2D eigenvalue weighted by atomic mass is 35.5. The molecule has 3 N–H and O–H groups in total. The van der Waals surface area contributed by atoms with Gasteiger partial charge >= 0.3 is 18.3 Å². The number of hydroxylamine groups is 1. The van der Waals surface area contributed by atoms with Crippen LogP contribution >= 0.6 is 11.6 Å². The number of nitrogens with one attached hydrogen (secondary N) is 3. The first-order valence-corrected chi connectivity index (χ1v) is 13.2.